The van der Waals surface area contributed by atoms with Crippen LogP contribution in [0.25, 0.3) is 0 Å². The SMILES string of the molecule is CCOC(=O)C1=C(C)Nc2nc(SC)nn2[C@@H]1c1cccs1. The lowest BCUT2D eigenvalue weighted by Gasteiger charge is -2.26. The number of thiophene rings is 1. The molecule has 0 bridgehead atoms. The van der Waals surface area contributed by atoms with Gasteiger partial charge in [-0.05, 0) is 31.5 Å². The van der Waals surface area contributed by atoms with Crippen LogP contribution in [0.5, 0.6) is 0 Å². The van der Waals surface area contributed by atoms with Crippen LogP contribution >= 0.6 is 23.1 Å². The van der Waals surface area contributed by atoms with Crippen LogP contribution < -0.4 is 5.32 Å². The number of carbonyl (C=O) groups excluding carboxylic acids is 1. The number of aromatic nitrogens is 3. The average Bonchev–Trinajstić information content (AvgIpc) is 3.14. The Bertz CT molecular complexity index is 721. The van der Waals surface area contributed by atoms with E-state index in [-0.39, 0.29) is 12.0 Å². The third-order valence-electron chi connectivity index (χ3n) is 3.32. The zero-order valence-corrected chi connectivity index (χ0v) is 14.1. The Balaban J connectivity index is 2.13. The van der Waals surface area contributed by atoms with E-state index in [2.05, 4.69) is 15.4 Å². The van der Waals surface area contributed by atoms with Crippen molar-refractivity contribution in [2.75, 3.05) is 18.2 Å². The first kappa shape index (κ1) is 15.1. The third kappa shape index (κ3) is 2.52. The zero-order valence-electron chi connectivity index (χ0n) is 12.5. The summed E-state index contributed by atoms with van der Waals surface area (Å²) in [4.78, 5) is 17.9. The van der Waals surface area contributed by atoms with Crippen molar-refractivity contribution in [1.82, 2.24) is 14.8 Å². The van der Waals surface area contributed by atoms with E-state index in [1.807, 2.05) is 30.7 Å². The zero-order chi connectivity index (χ0) is 15.7. The van der Waals surface area contributed by atoms with E-state index in [4.69, 9.17) is 4.74 Å². The number of rotatable bonds is 4. The number of fused-ring (bicyclic) bond motifs is 1. The lowest BCUT2D eigenvalue weighted by atomic mass is 10.0. The normalized spacial score (nSPS) is 17.1. The van der Waals surface area contributed by atoms with Crippen LogP contribution in [0.2, 0.25) is 0 Å². The van der Waals surface area contributed by atoms with Crippen LogP contribution in [0.4, 0.5) is 5.95 Å². The van der Waals surface area contributed by atoms with Crippen molar-refractivity contribution in [1.29, 1.82) is 0 Å². The second kappa shape index (κ2) is 6.13. The Hall–Kier alpha value is -1.80. The molecule has 3 heterocycles. The van der Waals surface area contributed by atoms with Gasteiger partial charge >= 0.3 is 5.97 Å². The number of thioether (sulfide) groups is 1. The second-order valence-corrected chi connectivity index (χ2v) is 6.42. The molecular weight excluding hydrogens is 320 g/mol. The molecule has 0 fully saturated rings. The predicted octanol–water partition coefficient (Wildman–Crippen LogP) is 2.91. The van der Waals surface area contributed by atoms with Gasteiger partial charge in [-0.15, -0.1) is 16.4 Å². The standard InChI is InChI=1S/C14H16N4O2S2/c1-4-20-12(19)10-8(2)15-13-16-14(21-3)17-18(13)11(10)9-6-5-7-22-9/h5-7,11H,4H2,1-3H3,(H,15,16,17)/t11-/m1/s1. The monoisotopic (exact) mass is 336 g/mol. The fourth-order valence-corrected chi connectivity index (χ4v) is 3.57. The molecule has 8 heteroatoms. The Kier molecular flexibility index (Phi) is 4.21. The molecule has 1 aliphatic rings. The van der Waals surface area contributed by atoms with E-state index in [0.717, 1.165) is 10.6 Å². The lowest BCUT2D eigenvalue weighted by Crippen LogP contribution is -2.29. The average molecular weight is 336 g/mol. The van der Waals surface area contributed by atoms with Gasteiger partial charge in [-0.2, -0.15) is 4.98 Å². The van der Waals surface area contributed by atoms with E-state index in [1.54, 1.807) is 22.9 Å². The first-order valence-electron chi connectivity index (χ1n) is 6.84. The minimum atomic E-state index is -0.322. The summed E-state index contributed by atoms with van der Waals surface area (Å²) in [5, 5.41) is 10.3. The summed E-state index contributed by atoms with van der Waals surface area (Å²) in [6, 6.07) is 3.66. The molecule has 0 aromatic carbocycles. The molecule has 0 saturated heterocycles. The first-order chi connectivity index (χ1) is 10.7. The van der Waals surface area contributed by atoms with Crippen molar-refractivity contribution in [3.63, 3.8) is 0 Å². The molecule has 2 aromatic heterocycles. The van der Waals surface area contributed by atoms with Gasteiger partial charge in [-0.1, -0.05) is 17.8 Å². The van der Waals surface area contributed by atoms with Crippen LogP contribution in [0.15, 0.2) is 33.9 Å². The van der Waals surface area contributed by atoms with Crippen LogP contribution in [0, 0.1) is 0 Å². The summed E-state index contributed by atoms with van der Waals surface area (Å²) in [5.41, 5.74) is 1.33. The van der Waals surface area contributed by atoms with E-state index in [1.165, 1.54) is 11.8 Å². The highest BCUT2D eigenvalue weighted by Gasteiger charge is 2.35. The number of hydrogen-bond donors (Lipinski definition) is 1. The Morgan fingerprint density at radius 2 is 2.41 bits per heavy atom. The number of nitrogens with one attached hydrogen (secondary N) is 1. The van der Waals surface area contributed by atoms with E-state index in [9.17, 15) is 4.79 Å². The number of allylic oxidation sites excluding steroid dienone is 1. The van der Waals surface area contributed by atoms with Gasteiger partial charge < -0.3 is 10.1 Å². The molecule has 116 valence electrons. The lowest BCUT2D eigenvalue weighted by molar-refractivity contribution is -0.139. The van der Waals surface area contributed by atoms with Gasteiger partial charge in [0.15, 0.2) is 0 Å². The number of esters is 1. The summed E-state index contributed by atoms with van der Waals surface area (Å²) in [7, 11) is 0. The quantitative estimate of drug-likeness (QED) is 0.684. The molecule has 22 heavy (non-hydrogen) atoms. The van der Waals surface area contributed by atoms with Gasteiger partial charge in [0, 0.05) is 10.6 Å². The molecule has 1 aliphatic heterocycles. The highest BCUT2D eigenvalue weighted by molar-refractivity contribution is 7.98. The summed E-state index contributed by atoms with van der Waals surface area (Å²) in [6.45, 7) is 4.01. The Morgan fingerprint density at radius 1 is 1.59 bits per heavy atom. The summed E-state index contributed by atoms with van der Waals surface area (Å²) in [6.07, 6.45) is 1.92. The number of hydrogen-bond acceptors (Lipinski definition) is 7. The van der Waals surface area contributed by atoms with Crippen LogP contribution in [0.1, 0.15) is 24.8 Å². The third-order valence-corrected chi connectivity index (χ3v) is 4.79. The summed E-state index contributed by atoms with van der Waals surface area (Å²) < 4.78 is 6.99. The molecule has 1 N–H and O–H groups in total. The maximum absolute atomic E-state index is 12.4. The van der Waals surface area contributed by atoms with Gasteiger partial charge in [0.1, 0.15) is 6.04 Å². The van der Waals surface area contributed by atoms with Crippen molar-refractivity contribution in [3.8, 4) is 0 Å². The predicted molar refractivity (Wildman–Crippen MR) is 87.2 cm³/mol. The molecule has 0 aliphatic carbocycles. The summed E-state index contributed by atoms with van der Waals surface area (Å²) in [5.74, 6) is 0.325. The maximum Gasteiger partial charge on any atom is 0.338 e. The largest absolute Gasteiger partial charge is 0.463 e. The molecule has 0 amide bonds. The van der Waals surface area contributed by atoms with Gasteiger partial charge in [-0.25, -0.2) is 9.48 Å². The van der Waals surface area contributed by atoms with Crippen molar-refractivity contribution in [2.45, 2.75) is 25.0 Å². The van der Waals surface area contributed by atoms with Gasteiger partial charge in [-0.3, -0.25) is 0 Å². The smallest absolute Gasteiger partial charge is 0.338 e. The number of ether oxygens (including phenoxy) is 1. The Labute approximate surface area is 136 Å². The number of anilines is 1. The summed E-state index contributed by atoms with van der Waals surface area (Å²) >= 11 is 3.05. The highest BCUT2D eigenvalue weighted by Crippen LogP contribution is 2.38. The Morgan fingerprint density at radius 3 is 3.05 bits per heavy atom. The van der Waals surface area contributed by atoms with Crippen molar-refractivity contribution < 1.29 is 9.53 Å². The topological polar surface area (TPSA) is 69.0 Å². The van der Waals surface area contributed by atoms with Crippen molar-refractivity contribution in [3.05, 3.63) is 33.7 Å². The molecule has 0 spiro atoms. The maximum atomic E-state index is 12.4. The van der Waals surface area contributed by atoms with E-state index >= 15 is 0 Å². The van der Waals surface area contributed by atoms with E-state index < -0.39 is 0 Å². The number of carbonyl (C=O) groups is 1. The van der Waals surface area contributed by atoms with Gasteiger partial charge in [0.05, 0.1) is 12.2 Å². The molecule has 2 aromatic rings. The molecule has 3 rings (SSSR count). The molecule has 6 nitrogen and oxygen atoms in total. The van der Waals surface area contributed by atoms with Gasteiger partial charge in [0.2, 0.25) is 11.1 Å². The van der Waals surface area contributed by atoms with Crippen LogP contribution in [0.3, 0.4) is 0 Å². The highest BCUT2D eigenvalue weighted by atomic mass is 32.2. The fraction of sp³-hybridized carbons (Fsp3) is 0.357. The van der Waals surface area contributed by atoms with E-state index in [0.29, 0.717) is 23.3 Å². The van der Waals surface area contributed by atoms with Crippen LogP contribution in [-0.4, -0.2) is 33.6 Å². The molecule has 0 radical (unpaired) electrons. The molecule has 0 saturated carbocycles. The van der Waals surface area contributed by atoms with Crippen LogP contribution in [-0.2, 0) is 9.53 Å². The fourth-order valence-electron chi connectivity index (χ4n) is 2.40. The first-order valence-corrected chi connectivity index (χ1v) is 8.95. The molecular formula is C14H16N4O2S2. The minimum absolute atomic E-state index is 0.302. The minimum Gasteiger partial charge on any atom is -0.463 e. The molecule has 1 atom stereocenters. The molecule has 0 unspecified atom stereocenters. The van der Waals surface area contributed by atoms with Crippen molar-refractivity contribution in [2.24, 2.45) is 0 Å². The number of nitrogens with zero attached hydrogens (tertiary/aromatic N) is 3. The second-order valence-electron chi connectivity index (χ2n) is 4.67. The van der Waals surface area contributed by atoms with Crippen molar-refractivity contribution >= 4 is 35.0 Å². The van der Waals surface area contributed by atoms with Gasteiger partial charge in [0.25, 0.3) is 0 Å².